The van der Waals surface area contributed by atoms with Crippen LogP contribution < -0.4 is 10.1 Å². The Morgan fingerprint density at radius 3 is 2.56 bits per heavy atom. The maximum absolute atomic E-state index is 11.1. The average Bonchev–Trinajstić information content (AvgIpc) is 2.12. The van der Waals surface area contributed by atoms with Crippen LogP contribution in [0.3, 0.4) is 0 Å². The molecule has 0 fully saturated rings. The van der Waals surface area contributed by atoms with E-state index in [2.05, 4.69) is 20.3 Å². The van der Waals surface area contributed by atoms with Crippen LogP contribution >= 0.6 is 11.6 Å². The van der Waals surface area contributed by atoms with Crippen LogP contribution in [-0.2, 0) is 10.8 Å². The van der Waals surface area contributed by atoms with Gasteiger partial charge in [0.25, 0.3) is 0 Å². The summed E-state index contributed by atoms with van der Waals surface area (Å²) in [7, 11) is -0.887. The first-order valence-corrected chi connectivity index (χ1v) is 7.62. The van der Waals surface area contributed by atoms with Crippen molar-refractivity contribution in [2.75, 3.05) is 17.3 Å². The van der Waals surface area contributed by atoms with Crippen molar-refractivity contribution in [2.24, 2.45) is 0 Å². The molecule has 8 heteroatoms. The second-order valence-corrected chi connectivity index (χ2v) is 5.98. The Kier molecular flexibility index (Phi) is 5.74. The van der Waals surface area contributed by atoms with E-state index in [0.717, 1.165) is 0 Å². The highest BCUT2D eigenvalue weighted by Gasteiger charge is 2.11. The van der Waals surface area contributed by atoms with Crippen molar-refractivity contribution < 1.29 is 8.95 Å². The largest absolute Gasteiger partial charge is 0.461 e. The molecule has 1 heterocycles. The van der Waals surface area contributed by atoms with Crippen molar-refractivity contribution in [2.45, 2.75) is 32.9 Å². The molecule has 0 amide bonds. The standard InChI is InChI=1S/C10H17ClN4O2S/c1-6(2)17-10-14-8(11)13-9(15-10)12-7(3)5-18(4)16/h6-7H,5H2,1-4H3,(H,12,13,14,15). The Morgan fingerprint density at radius 2 is 2.00 bits per heavy atom. The summed E-state index contributed by atoms with van der Waals surface area (Å²) in [4.78, 5) is 11.9. The third-order valence-corrected chi connectivity index (χ3v) is 2.93. The molecule has 0 saturated heterocycles. The Labute approximate surface area is 114 Å². The predicted octanol–water partition coefficient (Wildman–Crippen LogP) is 1.49. The number of nitrogens with one attached hydrogen (secondary N) is 1. The highest BCUT2D eigenvalue weighted by atomic mass is 35.5. The zero-order valence-corrected chi connectivity index (χ0v) is 12.4. The molecule has 1 aromatic heterocycles. The van der Waals surface area contributed by atoms with Crippen molar-refractivity contribution in [3.63, 3.8) is 0 Å². The van der Waals surface area contributed by atoms with E-state index in [-0.39, 0.29) is 23.4 Å². The molecule has 0 radical (unpaired) electrons. The number of rotatable bonds is 6. The van der Waals surface area contributed by atoms with E-state index in [9.17, 15) is 4.21 Å². The fourth-order valence-electron chi connectivity index (χ4n) is 1.27. The topological polar surface area (TPSA) is 77.0 Å². The van der Waals surface area contributed by atoms with Gasteiger partial charge in [0, 0.05) is 28.9 Å². The summed E-state index contributed by atoms with van der Waals surface area (Å²) in [5.74, 6) is 0.826. The lowest BCUT2D eigenvalue weighted by Crippen LogP contribution is -2.24. The number of hydrogen-bond donors (Lipinski definition) is 1. The lowest BCUT2D eigenvalue weighted by molar-refractivity contribution is 0.222. The van der Waals surface area contributed by atoms with Gasteiger partial charge in [-0.05, 0) is 32.4 Å². The number of aromatic nitrogens is 3. The van der Waals surface area contributed by atoms with Crippen molar-refractivity contribution in [1.29, 1.82) is 0 Å². The fourth-order valence-corrected chi connectivity index (χ4v) is 2.21. The molecule has 18 heavy (non-hydrogen) atoms. The smallest absolute Gasteiger partial charge is 0.322 e. The van der Waals surface area contributed by atoms with Crippen molar-refractivity contribution in [3.8, 4) is 6.01 Å². The Morgan fingerprint density at radius 1 is 1.33 bits per heavy atom. The van der Waals surface area contributed by atoms with Gasteiger partial charge in [0.2, 0.25) is 11.2 Å². The van der Waals surface area contributed by atoms with Crippen LogP contribution in [0.1, 0.15) is 20.8 Å². The summed E-state index contributed by atoms with van der Waals surface area (Å²) in [6.07, 6.45) is 1.60. The molecular weight excluding hydrogens is 276 g/mol. The summed E-state index contributed by atoms with van der Waals surface area (Å²) >= 11 is 5.78. The molecule has 2 unspecified atom stereocenters. The van der Waals surface area contributed by atoms with E-state index in [0.29, 0.717) is 11.7 Å². The van der Waals surface area contributed by atoms with Gasteiger partial charge in [-0.15, -0.1) is 0 Å². The van der Waals surface area contributed by atoms with Gasteiger partial charge in [-0.1, -0.05) is 0 Å². The summed E-state index contributed by atoms with van der Waals surface area (Å²) in [5.41, 5.74) is 0. The van der Waals surface area contributed by atoms with Crippen molar-refractivity contribution >= 4 is 28.3 Å². The summed E-state index contributed by atoms with van der Waals surface area (Å²) in [6, 6.07) is 0.151. The Bertz CT molecular complexity index is 430. The minimum atomic E-state index is -0.887. The zero-order chi connectivity index (χ0) is 13.7. The lowest BCUT2D eigenvalue weighted by Gasteiger charge is -2.13. The van der Waals surface area contributed by atoms with Gasteiger partial charge < -0.3 is 10.1 Å². The third-order valence-electron chi connectivity index (χ3n) is 1.79. The van der Waals surface area contributed by atoms with Gasteiger partial charge in [-0.2, -0.15) is 15.0 Å². The average molecular weight is 293 g/mol. The first-order valence-electron chi connectivity index (χ1n) is 5.51. The second-order valence-electron chi connectivity index (χ2n) is 4.16. The van der Waals surface area contributed by atoms with Crippen molar-refractivity contribution in [3.05, 3.63) is 5.28 Å². The van der Waals surface area contributed by atoms with Crippen molar-refractivity contribution in [1.82, 2.24) is 15.0 Å². The molecule has 2 atom stereocenters. The number of hydrogen-bond acceptors (Lipinski definition) is 6. The molecule has 0 bridgehead atoms. The van der Waals surface area contributed by atoms with Gasteiger partial charge >= 0.3 is 6.01 Å². The predicted molar refractivity (Wildman–Crippen MR) is 72.6 cm³/mol. The first kappa shape index (κ1) is 15.1. The molecule has 102 valence electrons. The molecule has 1 rings (SSSR count). The molecule has 6 nitrogen and oxygen atoms in total. The van der Waals surface area contributed by atoms with E-state index in [1.807, 2.05) is 20.8 Å². The minimum Gasteiger partial charge on any atom is -0.461 e. The minimum absolute atomic E-state index is 0.0267. The number of nitrogens with zero attached hydrogens (tertiary/aromatic N) is 3. The highest BCUT2D eigenvalue weighted by Crippen LogP contribution is 2.13. The van der Waals surface area contributed by atoms with Crippen LogP contribution in [0.5, 0.6) is 6.01 Å². The number of anilines is 1. The second kappa shape index (κ2) is 6.84. The van der Waals surface area contributed by atoms with E-state index in [1.165, 1.54) is 0 Å². The van der Waals surface area contributed by atoms with Crippen LogP contribution in [0.4, 0.5) is 5.95 Å². The summed E-state index contributed by atoms with van der Waals surface area (Å²) < 4.78 is 16.4. The van der Waals surface area contributed by atoms with E-state index < -0.39 is 10.8 Å². The molecule has 0 aliphatic rings. The molecule has 1 N–H and O–H groups in total. The van der Waals surface area contributed by atoms with Crippen LogP contribution in [-0.4, -0.2) is 43.3 Å². The van der Waals surface area contributed by atoms with Gasteiger partial charge in [-0.3, -0.25) is 4.21 Å². The molecule has 0 aliphatic heterocycles. The third kappa shape index (κ3) is 5.59. The molecule has 0 spiro atoms. The lowest BCUT2D eigenvalue weighted by atomic mass is 10.4. The monoisotopic (exact) mass is 292 g/mol. The maximum atomic E-state index is 11.1. The normalized spacial score (nSPS) is 14.3. The fraction of sp³-hybridized carbons (Fsp3) is 0.700. The molecule has 0 aliphatic carbocycles. The number of ether oxygens (including phenoxy) is 1. The van der Waals surface area contributed by atoms with E-state index in [1.54, 1.807) is 6.26 Å². The Hall–Kier alpha value is -0.950. The number of halogens is 1. The maximum Gasteiger partial charge on any atom is 0.322 e. The van der Waals surface area contributed by atoms with Crippen LogP contribution in [0.15, 0.2) is 0 Å². The van der Waals surface area contributed by atoms with Gasteiger partial charge in [0.05, 0.1) is 6.10 Å². The summed E-state index contributed by atoms with van der Waals surface area (Å²) in [5, 5.41) is 3.07. The zero-order valence-electron chi connectivity index (χ0n) is 10.8. The van der Waals surface area contributed by atoms with E-state index >= 15 is 0 Å². The van der Waals surface area contributed by atoms with Crippen LogP contribution in [0.25, 0.3) is 0 Å². The first-order chi connectivity index (χ1) is 8.36. The molecule has 0 aromatic carbocycles. The molecule has 0 saturated carbocycles. The summed E-state index contributed by atoms with van der Waals surface area (Å²) in [6.45, 7) is 5.63. The SMILES string of the molecule is CC(CS(C)=O)Nc1nc(Cl)nc(OC(C)C)n1. The Balaban J connectivity index is 2.76. The molecule has 1 aromatic rings. The van der Waals surface area contributed by atoms with Crippen LogP contribution in [0, 0.1) is 0 Å². The highest BCUT2D eigenvalue weighted by molar-refractivity contribution is 7.84. The van der Waals surface area contributed by atoms with Gasteiger partial charge in [-0.25, -0.2) is 0 Å². The van der Waals surface area contributed by atoms with Gasteiger partial charge in [0.1, 0.15) is 0 Å². The van der Waals surface area contributed by atoms with Gasteiger partial charge in [0.15, 0.2) is 0 Å². The van der Waals surface area contributed by atoms with Crippen LogP contribution in [0.2, 0.25) is 5.28 Å². The quantitative estimate of drug-likeness (QED) is 0.856. The van der Waals surface area contributed by atoms with E-state index in [4.69, 9.17) is 16.3 Å². The molecular formula is C10H17ClN4O2S.